The lowest BCUT2D eigenvalue weighted by atomic mass is 9.88. The van der Waals surface area contributed by atoms with E-state index >= 15 is 0 Å². The number of amides is 3. The van der Waals surface area contributed by atoms with E-state index in [1.54, 1.807) is 4.90 Å². The molecule has 4 atom stereocenters. The van der Waals surface area contributed by atoms with Crippen molar-refractivity contribution in [3.05, 3.63) is 71.8 Å². The molecule has 4 rings (SSSR count). The van der Waals surface area contributed by atoms with Gasteiger partial charge in [-0.2, -0.15) is 0 Å². The minimum atomic E-state index is -1.19. The lowest BCUT2D eigenvalue weighted by molar-refractivity contribution is -0.151. The molecule has 1 saturated heterocycles. The predicted molar refractivity (Wildman–Crippen MR) is 197 cm³/mol. The molecule has 14 heteroatoms. The van der Waals surface area contributed by atoms with Crippen molar-refractivity contribution < 1.29 is 28.7 Å². The van der Waals surface area contributed by atoms with Crippen molar-refractivity contribution in [1.29, 1.82) is 0 Å². The number of hydrogen-bond donors (Lipinski definition) is 6. The van der Waals surface area contributed by atoms with E-state index < -0.39 is 47.4 Å². The van der Waals surface area contributed by atoms with Gasteiger partial charge in [0.25, 0.3) is 0 Å². The molecule has 2 aromatic rings. The maximum Gasteiger partial charge on any atom is 0.325 e. The largest absolute Gasteiger partial charge is 0.468 e. The van der Waals surface area contributed by atoms with E-state index in [1.165, 1.54) is 7.11 Å². The molecular weight excluding hydrogens is 664 g/mol. The lowest BCUT2D eigenvalue weighted by Gasteiger charge is -2.38. The van der Waals surface area contributed by atoms with E-state index in [4.69, 9.17) is 27.7 Å². The molecule has 0 bridgehead atoms. The third kappa shape index (κ3) is 12.2. The number of carbonyl (C=O) groups excluding carboxylic acids is 5. The standard InChI is InChI=1S/C38H54N8O6/c1-52-36(51)38(42)16-19-46(20-17-38)35(50)30(13-8-18-43-37(40)41)44-33(48)28(21-27-14-15-27)24-32(47)31(23-26-11-6-3-7-12-26)45-34(49)29(39)22-25-9-4-2-5-10-25/h2-7,9-12,27-31H,8,13-24,39,42H2,1H3,(H,44,48)(H,45,49)(H4,40,41,43)/t28-,29+,30+,31+/m0/s1. The fourth-order valence-electron chi connectivity index (χ4n) is 6.56. The van der Waals surface area contributed by atoms with Gasteiger partial charge in [0.15, 0.2) is 11.7 Å². The molecule has 1 aliphatic heterocycles. The Morgan fingerprint density at radius 1 is 0.885 bits per heavy atom. The number of nitrogens with one attached hydrogen (secondary N) is 2. The molecule has 0 radical (unpaired) electrons. The molecule has 14 nitrogen and oxygen atoms in total. The van der Waals surface area contributed by atoms with Crippen molar-refractivity contribution in [1.82, 2.24) is 15.5 Å². The highest BCUT2D eigenvalue weighted by Gasteiger charge is 2.41. The van der Waals surface area contributed by atoms with Crippen molar-refractivity contribution in [3.8, 4) is 0 Å². The first kappa shape index (κ1) is 40.0. The molecule has 1 aliphatic carbocycles. The number of ether oxygens (including phenoxy) is 1. The van der Waals surface area contributed by atoms with E-state index in [1.807, 2.05) is 60.7 Å². The van der Waals surface area contributed by atoms with Crippen LogP contribution in [0.5, 0.6) is 0 Å². The van der Waals surface area contributed by atoms with Gasteiger partial charge >= 0.3 is 5.97 Å². The number of ketones is 1. The van der Waals surface area contributed by atoms with Crippen LogP contribution in [-0.2, 0) is 41.6 Å². The number of hydrogen-bond acceptors (Lipinski definition) is 9. The van der Waals surface area contributed by atoms with Gasteiger partial charge in [0.1, 0.15) is 11.6 Å². The monoisotopic (exact) mass is 718 g/mol. The number of likely N-dealkylation sites (tertiary alicyclic amines) is 1. The van der Waals surface area contributed by atoms with Gasteiger partial charge in [-0.25, -0.2) is 0 Å². The van der Waals surface area contributed by atoms with Gasteiger partial charge in [-0.1, -0.05) is 73.5 Å². The Bertz CT molecular complexity index is 1540. The molecular formula is C38H54N8O6. The number of rotatable bonds is 19. The number of carbonyl (C=O) groups is 5. The molecule has 0 spiro atoms. The second kappa shape index (κ2) is 19.1. The number of methoxy groups -OCH3 is 1. The van der Waals surface area contributed by atoms with Crippen molar-refractivity contribution in [3.63, 3.8) is 0 Å². The number of guanidine groups is 1. The average molecular weight is 719 g/mol. The Morgan fingerprint density at radius 2 is 1.46 bits per heavy atom. The summed E-state index contributed by atoms with van der Waals surface area (Å²) >= 11 is 0. The van der Waals surface area contributed by atoms with E-state index in [0.717, 1.165) is 24.0 Å². The van der Waals surface area contributed by atoms with E-state index in [0.29, 0.717) is 25.2 Å². The van der Waals surface area contributed by atoms with Crippen molar-refractivity contribution in [2.45, 2.75) is 87.9 Å². The zero-order valence-electron chi connectivity index (χ0n) is 30.0. The number of nitrogens with two attached hydrogens (primary N) is 4. The number of esters is 1. The Morgan fingerprint density at radius 3 is 2.02 bits per heavy atom. The minimum Gasteiger partial charge on any atom is -0.468 e. The summed E-state index contributed by atoms with van der Waals surface area (Å²) in [6.07, 6.45) is 3.87. The number of nitrogens with zero attached hydrogens (tertiary/aromatic N) is 2. The first-order valence-electron chi connectivity index (χ1n) is 18.1. The van der Waals surface area contributed by atoms with Gasteiger partial charge in [0, 0.05) is 32.0 Å². The molecule has 282 valence electrons. The first-order chi connectivity index (χ1) is 24.9. The topological polar surface area (TPSA) is 238 Å². The highest BCUT2D eigenvalue weighted by molar-refractivity contribution is 5.95. The normalized spacial score (nSPS) is 17.5. The third-order valence-electron chi connectivity index (χ3n) is 9.88. The number of piperidine rings is 1. The van der Waals surface area contributed by atoms with Crippen LogP contribution in [0.25, 0.3) is 0 Å². The average Bonchev–Trinajstić information content (AvgIpc) is 3.96. The van der Waals surface area contributed by atoms with Crippen LogP contribution in [0.2, 0.25) is 0 Å². The fraction of sp³-hybridized carbons (Fsp3) is 0.526. The first-order valence-corrected chi connectivity index (χ1v) is 18.1. The van der Waals surface area contributed by atoms with Crippen LogP contribution in [0.4, 0.5) is 0 Å². The Kier molecular flexibility index (Phi) is 14.7. The molecule has 1 saturated carbocycles. The number of aliphatic imine (C=N–C) groups is 1. The maximum atomic E-state index is 14.1. The quantitative estimate of drug-likeness (QED) is 0.0514. The summed E-state index contributed by atoms with van der Waals surface area (Å²) < 4.78 is 4.86. The molecule has 3 amide bonds. The van der Waals surface area contributed by atoms with Crippen LogP contribution in [0.1, 0.15) is 62.5 Å². The molecule has 2 fully saturated rings. The zero-order valence-corrected chi connectivity index (χ0v) is 30.0. The van der Waals surface area contributed by atoms with E-state index in [9.17, 15) is 24.0 Å². The van der Waals surface area contributed by atoms with Gasteiger partial charge in [-0.3, -0.25) is 29.0 Å². The van der Waals surface area contributed by atoms with Crippen LogP contribution in [0.3, 0.4) is 0 Å². The van der Waals surface area contributed by atoms with Crippen LogP contribution in [0, 0.1) is 11.8 Å². The number of benzene rings is 2. The Labute approximate surface area is 305 Å². The van der Waals surface area contributed by atoms with Gasteiger partial charge in [-0.05, 0) is 62.0 Å². The maximum absolute atomic E-state index is 14.1. The molecule has 10 N–H and O–H groups in total. The lowest BCUT2D eigenvalue weighted by Crippen LogP contribution is -2.59. The summed E-state index contributed by atoms with van der Waals surface area (Å²) in [5.74, 6) is -2.52. The van der Waals surface area contributed by atoms with E-state index in [2.05, 4.69) is 15.6 Å². The molecule has 0 unspecified atom stereocenters. The van der Waals surface area contributed by atoms with Crippen LogP contribution in [0.15, 0.2) is 65.7 Å². The summed E-state index contributed by atoms with van der Waals surface area (Å²) in [5, 5.41) is 5.83. The van der Waals surface area contributed by atoms with Crippen LogP contribution >= 0.6 is 0 Å². The van der Waals surface area contributed by atoms with Gasteiger partial charge < -0.3 is 43.2 Å². The van der Waals surface area contributed by atoms with Gasteiger partial charge in [-0.15, -0.1) is 0 Å². The van der Waals surface area contributed by atoms with Gasteiger partial charge in [0.05, 0.1) is 19.2 Å². The second-order valence-corrected chi connectivity index (χ2v) is 14.1. The molecule has 2 aliphatic rings. The minimum absolute atomic E-state index is 0.0776. The summed E-state index contributed by atoms with van der Waals surface area (Å²) in [5.41, 5.74) is 24.1. The van der Waals surface area contributed by atoms with Crippen LogP contribution in [-0.4, -0.2) is 90.7 Å². The van der Waals surface area contributed by atoms with E-state index in [-0.39, 0.29) is 69.4 Å². The zero-order chi connectivity index (χ0) is 37.7. The Balaban J connectivity index is 1.48. The summed E-state index contributed by atoms with van der Waals surface area (Å²) in [4.78, 5) is 73.1. The predicted octanol–water partition coefficient (Wildman–Crippen LogP) is 0.691. The number of Topliss-reactive ketones (excluding diaryl/α,β-unsaturated/α-hetero) is 1. The highest BCUT2D eigenvalue weighted by atomic mass is 16.5. The molecule has 0 aromatic heterocycles. The van der Waals surface area contributed by atoms with Crippen LogP contribution < -0.4 is 33.6 Å². The van der Waals surface area contributed by atoms with Crippen molar-refractivity contribution >= 4 is 35.4 Å². The summed E-state index contributed by atoms with van der Waals surface area (Å²) in [7, 11) is 1.28. The smallest absolute Gasteiger partial charge is 0.325 e. The van der Waals surface area contributed by atoms with Crippen molar-refractivity contribution in [2.24, 2.45) is 39.8 Å². The third-order valence-corrected chi connectivity index (χ3v) is 9.88. The summed E-state index contributed by atoms with van der Waals surface area (Å²) in [6.45, 7) is 0.678. The SMILES string of the molecule is COC(=O)C1(N)CCN(C(=O)[C@@H](CCCN=C(N)N)NC(=O)[C@H](CC(=O)[C@@H](Cc2ccccc2)NC(=O)[C@H](N)Cc2ccccc2)CC2CC2)CC1. The van der Waals surface area contributed by atoms with Gasteiger partial charge in [0.2, 0.25) is 17.7 Å². The molecule has 52 heavy (non-hydrogen) atoms. The second-order valence-electron chi connectivity index (χ2n) is 14.1. The fourth-order valence-corrected chi connectivity index (χ4v) is 6.56. The van der Waals surface area contributed by atoms with Crippen molar-refractivity contribution in [2.75, 3.05) is 26.7 Å². The Hall–Kier alpha value is -4.82. The summed E-state index contributed by atoms with van der Waals surface area (Å²) in [6, 6.07) is 16.0. The molecule has 1 heterocycles. The highest BCUT2D eigenvalue weighted by Crippen LogP contribution is 2.36. The molecule has 2 aromatic carbocycles.